The van der Waals surface area contributed by atoms with Crippen LogP contribution in [0, 0.1) is 0 Å². The van der Waals surface area contributed by atoms with Crippen LogP contribution < -0.4 is 10.6 Å². The number of hydrogen-bond donors (Lipinski definition) is 1. The van der Waals surface area contributed by atoms with E-state index in [1.165, 1.54) is 4.90 Å². The molecule has 5 heteroatoms. The zero-order chi connectivity index (χ0) is 11.4. The molecule has 1 rings (SSSR count). The number of alkyl halides is 2. The van der Waals surface area contributed by atoms with E-state index in [0.717, 1.165) is 5.56 Å². The number of benzene rings is 1. The van der Waals surface area contributed by atoms with Gasteiger partial charge in [-0.25, -0.2) is 8.78 Å². The molecule has 84 valence electrons. The lowest BCUT2D eigenvalue weighted by Crippen LogP contribution is -2.25. The van der Waals surface area contributed by atoms with E-state index < -0.39 is 6.43 Å². The van der Waals surface area contributed by atoms with Gasteiger partial charge in [0.15, 0.2) is 0 Å². The highest BCUT2D eigenvalue weighted by atomic mass is 35.5. The summed E-state index contributed by atoms with van der Waals surface area (Å²) < 4.78 is 24.4. The quantitative estimate of drug-likeness (QED) is 0.868. The van der Waals surface area contributed by atoms with E-state index in [-0.39, 0.29) is 13.1 Å². The summed E-state index contributed by atoms with van der Waals surface area (Å²) in [7, 11) is 1.58. The van der Waals surface area contributed by atoms with E-state index in [4.69, 9.17) is 17.3 Å². The minimum absolute atomic E-state index is 0.281. The molecular formula is C10H13ClF2N2. The largest absolute Gasteiger partial charge is 0.367 e. The maximum absolute atomic E-state index is 12.2. The summed E-state index contributed by atoms with van der Waals surface area (Å²) in [5.41, 5.74) is 6.87. The molecule has 0 saturated carbocycles. The van der Waals surface area contributed by atoms with Crippen molar-refractivity contribution in [1.29, 1.82) is 0 Å². The lowest BCUT2D eigenvalue weighted by atomic mass is 10.1. The predicted molar refractivity (Wildman–Crippen MR) is 58.6 cm³/mol. The van der Waals surface area contributed by atoms with Gasteiger partial charge in [-0.15, -0.1) is 0 Å². The van der Waals surface area contributed by atoms with Crippen molar-refractivity contribution in [2.45, 2.75) is 13.0 Å². The first kappa shape index (κ1) is 12.2. The first-order valence-corrected chi connectivity index (χ1v) is 4.90. The van der Waals surface area contributed by atoms with E-state index >= 15 is 0 Å². The van der Waals surface area contributed by atoms with Gasteiger partial charge in [0.05, 0.1) is 17.3 Å². The Kier molecular flexibility index (Phi) is 4.29. The molecule has 0 aromatic heterocycles. The van der Waals surface area contributed by atoms with E-state index in [2.05, 4.69) is 0 Å². The van der Waals surface area contributed by atoms with Crippen LogP contribution in [0.1, 0.15) is 5.56 Å². The highest BCUT2D eigenvalue weighted by Gasteiger charge is 2.14. The van der Waals surface area contributed by atoms with Crippen LogP contribution in [0.25, 0.3) is 0 Å². The van der Waals surface area contributed by atoms with Gasteiger partial charge in [-0.1, -0.05) is 23.7 Å². The molecule has 1 aromatic rings. The molecule has 0 heterocycles. The Morgan fingerprint density at radius 2 is 2.13 bits per heavy atom. The number of nitrogens with zero attached hydrogens (tertiary/aromatic N) is 1. The minimum atomic E-state index is -2.39. The smallest absolute Gasteiger partial charge is 0.255 e. The van der Waals surface area contributed by atoms with Gasteiger partial charge in [0, 0.05) is 13.6 Å². The Balaban J connectivity index is 3.00. The van der Waals surface area contributed by atoms with Crippen molar-refractivity contribution in [2.24, 2.45) is 5.73 Å². The second-order valence-electron chi connectivity index (χ2n) is 3.22. The van der Waals surface area contributed by atoms with Gasteiger partial charge >= 0.3 is 0 Å². The molecule has 2 N–H and O–H groups in total. The molecule has 0 amide bonds. The SMILES string of the molecule is CN(CC(F)F)c1c(Cl)cccc1CN. The molecule has 0 aliphatic heterocycles. The normalized spacial score (nSPS) is 10.8. The third kappa shape index (κ3) is 3.04. The molecule has 0 bridgehead atoms. The van der Waals surface area contributed by atoms with Crippen molar-refractivity contribution < 1.29 is 8.78 Å². The van der Waals surface area contributed by atoms with Gasteiger partial charge < -0.3 is 10.6 Å². The fraction of sp³-hybridized carbons (Fsp3) is 0.400. The second-order valence-corrected chi connectivity index (χ2v) is 3.63. The second kappa shape index (κ2) is 5.28. The zero-order valence-corrected chi connectivity index (χ0v) is 9.14. The summed E-state index contributed by atoms with van der Waals surface area (Å²) >= 11 is 5.94. The lowest BCUT2D eigenvalue weighted by Gasteiger charge is -2.22. The number of anilines is 1. The van der Waals surface area contributed by atoms with Gasteiger partial charge in [0.25, 0.3) is 6.43 Å². The predicted octanol–water partition coefficient (Wildman–Crippen LogP) is 2.50. The Morgan fingerprint density at radius 3 is 2.67 bits per heavy atom. The van der Waals surface area contributed by atoms with Crippen LogP contribution in [0.3, 0.4) is 0 Å². The highest BCUT2D eigenvalue weighted by Crippen LogP contribution is 2.29. The third-order valence-electron chi connectivity index (χ3n) is 2.08. The summed E-state index contributed by atoms with van der Waals surface area (Å²) in [4.78, 5) is 1.43. The molecule has 1 aromatic carbocycles. The van der Waals surface area contributed by atoms with E-state index in [1.54, 1.807) is 25.2 Å². The number of para-hydroxylation sites is 1. The average Bonchev–Trinajstić information content (AvgIpc) is 2.15. The van der Waals surface area contributed by atoms with Crippen LogP contribution in [0.4, 0.5) is 14.5 Å². The van der Waals surface area contributed by atoms with Crippen LogP contribution in [0.5, 0.6) is 0 Å². The Labute approximate surface area is 92.6 Å². The summed E-state index contributed by atoms with van der Waals surface area (Å²) in [6, 6.07) is 5.20. The fourth-order valence-corrected chi connectivity index (χ4v) is 1.79. The number of hydrogen-bond acceptors (Lipinski definition) is 2. The molecule has 0 spiro atoms. The van der Waals surface area contributed by atoms with Crippen molar-refractivity contribution in [2.75, 3.05) is 18.5 Å². The maximum Gasteiger partial charge on any atom is 0.255 e. The molecule has 0 aliphatic rings. The van der Waals surface area contributed by atoms with Crippen LogP contribution in [0.2, 0.25) is 5.02 Å². The summed E-state index contributed by atoms with van der Waals surface area (Å²) in [6.45, 7) is -0.0692. The molecule has 0 atom stereocenters. The molecule has 15 heavy (non-hydrogen) atoms. The molecule has 0 unspecified atom stereocenters. The van der Waals surface area contributed by atoms with E-state index in [1.807, 2.05) is 0 Å². The number of nitrogens with two attached hydrogens (primary N) is 1. The third-order valence-corrected chi connectivity index (χ3v) is 2.39. The Morgan fingerprint density at radius 1 is 1.47 bits per heavy atom. The van der Waals surface area contributed by atoms with Gasteiger partial charge in [-0.2, -0.15) is 0 Å². The van der Waals surface area contributed by atoms with Gasteiger partial charge in [0.1, 0.15) is 0 Å². The fourth-order valence-electron chi connectivity index (χ4n) is 1.45. The summed E-state index contributed by atoms with van der Waals surface area (Å²) in [5, 5.41) is 0.445. The lowest BCUT2D eigenvalue weighted by molar-refractivity contribution is 0.156. The van der Waals surface area contributed by atoms with Crippen molar-refractivity contribution in [3.05, 3.63) is 28.8 Å². The van der Waals surface area contributed by atoms with Crippen molar-refractivity contribution in [1.82, 2.24) is 0 Å². The van der Waals surface area contributed by atoms with Crippen LogP contribution in [-0.4, -0.2) is 20.0 Å². The topological polar surface area (TPSA) is 29.3 Å². The van der Waals surface area contributed by atoms with Crippen molar-refractivity contribution >= 4 is 17.3 Å². The van der Waals surface area contributed by atoms with Crippen molar-refractivity contribution in [3.8, 4) is 0 Å². The van der Waals surface area contributed by atoms with Gasteiger partial charge in [-0.05, 0) is 11.6 Å². The molecular weight excluding hydrogens is 222 g/mol. The minimum Gasteiger partial charge on any atom is -0.367 e. The summed E-state index contributed by atoms with van der Waals surface area (Å²) in [6.07, 6.45) is -2.39. The highest BCUT2D eigenvalue weighted by molar-refractivity contribution is 6.33. The molecule has 0 fully saturated rings. The molecule has 0 saturated heterocycles. The van der Waals surface area contributed by atoms with Crippen LogP contribution >= 0.6 is 11.6 Å². The standard InChI is InChI=1S/C10H13ClF2N2/c1-15(6-9(12)13)10-7(5-14)3-2-4-8(10)11/h2-4,9H,5-6,14H2,1H3. The van der Waals surface area contributed by atoms with Crippen molar-refractivity contribution in [3.63, 3.8) is 0 Å². The first-order chi connectivity index (χ1) is 7.06. The van der Waals surface area contributed by atoms with E-state index in [0.29, 0.717) is 10.7 Å². The Bertz CT molecular complexity index is 331. The maximum atomic E-state index is 12.2. The summed E-state index contributed by atoms with van der Waals surface area (Å²) in [5.74, 6) is 0. The number of rotatable bonds is 4. The zero-order valence-electron chi connectivity index (χ0n) is 8.38. The monoisotopic (exact) mass is 234 g/mol. The number of halogens is 3. The average molecular weight is 235 g/mol. The molecule has 2 nitrogen and oxygen atoms in total. The first-order valence-electron chi connectivity index (χ1n) is 4.53. The van der Waals surface area contributed by atoms with E-state index in [9.17, 15) is 8.78 Å². The van der Waals surface area contributed by atoms with Crippen LogP contribution in [0.15, 0.2) is 18.2 Å². The van der Waals surface area contributed by atoms with Crippen LogP contribution in [-0.2, 0) is 6.54 Å². The molecule has 0 radical (unpaired) electrons. The van der Waals surface area contributed by atoms with Gasteiger partial charge in [0.2, 0.25) is 0 Å². The molecule has 0 aliphatic carbocycles. The Hall–Kier alpha value is -0.870. The van der Waals surface area contributed by atoms with Gasteiger partial charge in [-0.3, -0.25) is 0 Å².